The summed E-state index contributed by atoms with van der Waals surface area (Å²) in [6.45, 7) is 1.13. The fourth-order valence-electron chi connectivity index (χ4n) is 2.79. The van der Waals surface area contributed by atoms with Gasteiger partial charge in [-0.3, -0.25) is 4.79 Å². The lowest BCUT2D eigenvalue weighted by molar-refractivity contribution is -0.517. The molecule has 1 aromatic heterocycles. The number of nitrogens with one attached hydrogen (secondary N) is 2. The van der Waals surface area contributed by atoms with Crippen LogP contribution in [0.3, 0.4) is 0 Å². The van der Waals surface area contributed by atoms with Crippen molar-refractivity contribution in [2.75, 3.05) is 18.9 Å². The summed E-state index contributed by atoms with van der Waals surface area (Å²) in [6.07, 6.45) is 1.37. The molecule has 0 bridgehead atoms. The Hall–Kier alpha value is -2.74. The summed E-state index contributed by atoms with van der Waals surface area (Å²) in [7, 11) is 0. The largest absolute Gasteiger partial charge is 0.478 e. The van der Waals surface area contributed by atoms with E-state index in [-0.39, 0.29) is 23.1 Å². The third-order valence-corrected chi connectivity index (χ3v) is 4.06. The van der Waals surface area contributed by atoms with Gasteiger partial charge in [-0.05, 0) is 31.0 Å². The molecule has 2 aromatic rings. The normalized spacial score (nSPS) is 15.7. The topological polar surface area (TPSA) is 133 Å². The number of hydrogen-bond donors (Lipinski definition) is 4. The van der Waals surface area contributed by atoms with Crippen molar-refractivity contribution in [1.29, 1.82) is 5.41 Å². The smallest absolute Gasteiger partial charge is 0.335 e. The van der Waals surface area contributed by atoms with E-state index in [4.69, 9.17) is 21.0 Å². The van der Waals surface area contributed by atoms with E-state index in [1.165, 1.54) is 16.7 Å². The van der Waals surface area contributed by atoms with Crippen molar-refractivity contribution in [2.24, 2.45) is 5.92 Å². The number of H-pyrrole nitrogens is 1. The van der Waals surface area contributed by atoms with Crippen LogP contribution in [0.1, 0.15) is 23.2 Å². The molecule has 8 nitrogen and oxygen atoms in total. The number of aromatic nitrogens is 2. The number of aromatic carboxylic acids is 1. The van der Waals surface area contributed by atoms with Crippen LogP contribution in [0.25, 0.3) is 11.0 Å². The van der Waals surface area contributed by atoms with Gasteiger partial charge >= 0.3 is 11.5 Å². The summed E-state index contributed by atoms with van der Waals surface area (Å²) in [5.41, 5.74) is 6.24. The average Bonchev–Trinajstić information content (AvgIpc) is 2.56. The van der Waals surface area contributed by atoms with E-state index in [0.29, 0.717) is 37.1 Å². The number of carbonyl (C=O) groups is 1. The van der Waals surface area contributed by atoms with E-state index in [1.54, 1.807) is 6.07 Å². The van der Waals surface area contributed by atoms with Crippen LogP contribution in [0.5, 0.6) is 0 Å². The van der Waals surface area contributed by atoms with Gasteiger partial charge in [0.1, 0.15) is 5.52 Å². The molecule has 8 heteroatoms. The second-order valence-electron chi connectivity index (χ2n) is 5.48. The standard InChI is InChI=1S/C15H16N4O4/c16-12(8-3-5-23-6-4-8)19-11-2-1-9(15(21)22)7-10(11)18-14(20)13(19)17/h1-2,7-8,16-17H,3-6H2,(H2,18,20,21,22)/p+1. The zero-order chi connectivity index (χ0) is 16.6. The van der Waals surface area contributed by atoms with E-state index < -0.39 is 11.5 Å². The summed E-state index contributed by atoms with van der Waals surface area (Å²) in [6, 6.07) is 4.35. The Morgan fingerprint density at radius 3 is 2.74 bits per heavy atom. The third kappa shape index (κ3) is 2.68. The van der Waals surface area contributed by atoms with Crippen molar-refractivity contribution in [2.45, 2.75) is 12.8 Å². The number of aromatic amines is 1. The molecule has 1 fully saturated rings. The van der Waals surface area contributed by atoms with E-state index in [1.807, 2.05) is 0 Å². The predicted molar refractivity (Wildman–Crippen MR) is 82.8 cm³/mol. The minimum absolute atomic E-state index is 0.0554. The van der Waals surface area contributed by atoms with Gasteiger partial charge in [0.25, 0.3) is 5.82 Å². The van der Waals surface area contributed by atoms with Crippen LogP contribution in [0.2, 0.25) is 0 Å². The molecule has 0 atom stereocenters. The minimum atomic E-state index is -1.09. The van der Waals surface area contributed by atoms with Crippen LogP contribution in [0.4, 0.5) is 5.82 Å². The Labute approximate surface area is 131 Å². The summed E-state index contributed by atoms with van der Waals surface area (Å²) < 4.78 is 6.70. The molecule has 0 radical (unpaired) electrons. The first-order valence-corrected chi connectivity index (χ1v) is 7.26. The monoisotopic (exact) mass is 317 g/mol. The van der Waals surface area contributed by atoms with Crippen LogP contribution in [-0.2, 0) is 4.74 Å². The van der Waals surface area contributed by atoms with Crippen LogP contribution in [-0.4, -0.2) is 35.1 Å². The van der Waals surface area contributed by atoms with Gasteiger partial charge in [-0.1, -0.05) is 0 Å². The molecular formula is C15H17N4O4+. The van der Waals surface area contributed by atoms with Gasteiger partial charge < -0.3 is 20.6 Å². The van der Waals surface area contributed by atoms with Crippen molar-refractivity contribution >= 4 is 28.7 Å². The Morgan fingerprint density at radius 2 is 2.09 bits per heavy atom. The van der Waals surface area contributed by atoms with Crippen LogP contribution < -0.4 is 15.9 Å². The van der Waals surface area contributed by atoms with Crippen LogP contribution >= 0.6 is 0 Å². The van der Waals surface area contributed by atoms with Crippen molar-refractivity contribution in [3.63, 3.8) is 0 Å². The number of rotatable bonds is 2. The highest BCUT2D eigenvalue weighted by atomic mass is 16.5. The number of hydrogen-bond acceptors (Lipinski definition) is 5. The maximum absolute atomic E-state index is 12.1. The maximum atomic E-state index is 12.1. The maximum Gasteiger partial charge on any atom is 0.335 e. The Bertz CT molecular complexity index is 852. The lowest BCUT2D eigenvalue weighted by Crippen LogP contribution is -2.53. The average molecular weight is 317 g/mol. The van der Waals surface area contributed by atoms with Crippen LogP contribution in [0, 0.1) is 11.3 Å². The van der Waals surface area contributed by atoms with E-state index in [2.05, 4.69) is 4.98 Å². The molecule has 0 amide bonds. The molecule has 0 unspecified atom stereocenters. The molecule has 0 aliphatic carbocycles. The summed E-state index contributed by atoms with van der Waals surface area (Å²) in [5, 5.41) is 17.5. The molecular weight excluding hydrogens is 300 g/mol. The molecule has 3 rings (SSSR count). The molecule has 120 valence electrons. The lowest BCUT2D eigenvalue weighted by atomic mass is 9.98. The first-order chi connectivity index (χ1) is 11.0. The van der Waals surface area contributed by atoms with Gasteiger partial charge in [-0.2, -0.15) is 9.98 Å². The molecule has 5 N–H and O–H groups in total. The Balaban J connectivity index is 2.18. The molecule has 2 heterocycles. The molecule has 1 aromatic carbocycles. The number of carboxylic acid groups (broad SMARTS) is 1. The Kier molecular flexibility index (Phi) is 3.83. The first kappa shape index (κ1) is 15.2. The first-order valence-electron chi connectivity index (χ1n) is 7.26. The fourth-order valence-corrected chi connectivity index (χ4v) is 2.79. The number of nitrogens with zero attached hydrogens (tertiary/aromatic N) is 1. The van der Waals surface area contributed by atoms with Crippen molar-refractivity contribution in [1.82, 2.24) is 4.98 Å². The molecule has 23 heavy (non-hydrogen) atoms. The van der Waals surface area contributed by atoms with E-state index in [9.17, 15) is 9.59 Å². The predicted octanol–water partition coefficient (Wildman–Crippen LogP) is 0.348. The zero-order valence-corrected chi connectivity index (χ0v) is 12.3. The molecule has 1 aliphatic heterocycles. The fraction of sp³-hybridized carbons (Fsp3) is 0.333. The van der Waals surface area contributed by atoms with Gasteiger partial charge in [0.15, 0.2) is 0 Å². The highest BCUT2D eigenvalue weighted by molar-refractivity contribution is 5.92. The second kappa shape index (κ2) is 5.81. The van der Waals surface area contributed by atoms with Gasteiger partial charge in [-0.25, -0.2) is 4.79 Å². The lowest BCUT2D eigenvalue weighted by Gasteiger charge is -2.21. The number of fused-ring (bicyclic) bond motifs is 1. The third-order valence-electron chi connectivity index (χ3n) is 4.06. The zero-order valence-electron chi connectivity index (χ0n) is 12.3. The SMILES string of the molecule is N=C(C1CCOCC1)[n+]1c(N)c(=O)[nH]c2cc(C(=O)O)ccc21. The number of benzene rings is 1. The van der Waals surface area contributed by atoms with Crippen molar-refractivity contribution in [3.05, 3.63) is 34.1 Å². The molecule has 0 spiro atoms. The van der Waals surface area contributed by atoms with Gasteiger partial charge in [0.2, 0.25) is 5.84 Å². The van der Waals surface area contributed by atoms with Crippen molar-refractivity contribution in [3.8, 4) is 0 Å². The number of anilines is 1. The van der Waals surface area contributed by atoms with E-state index in [0.717, 1.165) is 0 Å². The van der Waals surface area contributed by atoms with E-state index >= 15 is 0 Å². The quantitative estimate of drug-likeness (QED) is 0.360. The van der Waals surface area contributed by atoms with Gasteiger partial charge in [0, 0.05) is 13.2 Å². The number of carboxylic acids is 1. The van der Waals surface area contributed by atoms with Gasteiger partial charge in [-0.15, -0.1) is 0 Å². The number of nitrogen functional groups attached to an aromatic ring is 1. The summed E-state index contributed by atoms with van der Waals surface area (Å²) >= 11 is 0. The Morgan fingerprint density at radius 1 is 1.39 bits per heavy atom. The van der Waals surface area contributed by atoms with Crippen LogP contribution in [0.15, 0.2) is 23.0 Å². The highest BCUT2D eigenvalue weighted by Crippen LogP contribution is 2.17. The van der Waals surface area contributed by atoms with Crippen molar-refractivity contribution < 1.29 is 19.2 Å². The molecule has 1 aliphatic rings. The van der Waals surface area contributed by atoms with Gasteiger partial charge in [0.05, 0.1) is 17.0 Å². The summed E-state index contributed by atoms with van der Waals surface area (Å²) in [5.74, 6) is -1.00. The minimum Gasteiger partial charge on any atom is -0.478 e. The summed E-state index contributed by atoms with van der Waals surface area (Å²) in [4.78, 5) is 25.7. The molecule has 1 saturated heterocycles. The number of ether oxygens (including phenoxy) is 1. The highest BCUT2D eigenvalue weighted by Gasteiger charge is 2.28. The number of nitrogens with two attached hydrogens (primary N) is 1. The second-order valence-corrected chi connectivity index (χ2v) is 5.48. The molecule has 0 saturated carbocycles.